The Morgan fingerprint density at radius 3 is 2.56 bits per heavy atom. The van der Waals surface area contributed by atoms with Crippen LogP contribution in [0.15, 0.2) is 0 Å². The van der Waals surface area contributed by atoms with Crippen molar-refractivity contribution >= 4 is 5.91 Å². The van der Waals surface area contributed by atoms with Crippen LogP contribution in [0, 0.1) is 11.8 Å². The van der Waals surface area contributed by atoms with Crippen molar-refractivity contribution in [2.75, 3.05) is 39.3 Å². The van der Waals surface area contributed by atoms with Gasteiger partial charge in [-0.25, -0.2) is 0 Å². The zero-order valence-corrected chi connectivity index (χ0v) is 10.8. The number of nitrogens with zero attached hydrogens (tertiary/aromatic N) is 1. The molecule has 0 aromatic heterocycles. The summed E-state index contributed by atoms with van der Waals surface area (Å²) in [4.78, 5) is 14.2. The van der Waals surface area contributed by atoms with E-state index in [4.69, 9.17) is 0 Å². The molecule has 0 aromatic rings. The van der Waals surface area contributed by atoms with E-state index in [2.05, 4.69) is 36.3 Å². The standard InChI is InChI=1S/C12H25N3O/c1-4-15(5-2)7-6-14-12(16)11-9-13-8-10(11)3/h10-11,13H,4-9H2,1-3H3,(H,14,16)/t10-,11-/m1/s1. The number of rotatable bonds is 6. The van der Waals surface area contributed by atoms with Gasteiger partial charge >= 0.3 is 0 Å². The maximum absolute atomic E-state index is 11.8. The van der Waals surface area contributed by atoms with Crippen LogP contribution in [0.4, 0.5) is 0 Å². The number of hydrogen-bond donors (Lipinski definition) is 2. The minimum absolute atomic E-state index is 0.164. The molecule has 4 heteroatoms. The van der Waals surface area contributed by atoms with E-state index in [0.29, 0.717) is 5.92 Å². The molecule has 0 aromatic carbocycles. The van der Waals surface area contributed by atoms with Gasteiger partial charge in [0.05, 0.1) is 5.92 Å². The molecule has 94 valence electrons. The molecule has 1 aliphatic heterocycles. The van der Waals surface area contributed by atoms with Gasteiger partial charge in [0, 0.05) is 19.6 Å². The van der Waals surface area contributed by atoms with E-state index < -0.39 is 0 Å². The molecule has 0 saturated carbocycles. The molecule has 0 bridgehead atoms. The van der Waals surface area contributed by atoms with Gasteiger partial charge in [-0.2, -0.15) is 0 Å². The molecule has 2 N–H and O–H groups in total. The van der Waals surface area contributed by atoms with Crippen molar-refractivity contribution in [3.8, 4) is 0 Å². The SMILES string of the molecule is CCN(CC)CCNC(=O)[C@@H]1CNC[C@H]1C. The van der Waals surface area contributed by atoms with Crippen LogP contribution in [0.3, 0.4) is 0 Å². The fraction of sp³-hybridized carbons (Fsp3) is 0.917. The highest BCUT2D eigenvalue weighted by atomic mass is 16.1. The lowest BCUT2D eigenvalue weighted by Gasteiger charge is -2.19. The smallest absolute Gasteiger partial charge is 0.224 e. The summed E-state index contributed by atoms with van der Waals surface area (Å²) >= 11 is 0. The minimum Gasteiger partial charge on any atom is -0.355 e. The molecule has 1 aliphatic rings. The Balaban J connectivity index is 2.19. The van der Waals surface area contributed by atoms with E-state index in [0.717, 1.165) is 39.3 Å². The number of carbonyl (C=O) groups is 1. The van der Waals surface area contributed by atoms with Crippen molar-refractivity contribution < 1.29 is 4.79 Å². The average molecular weight is 227 g/mol. The highest BCUT2D eigenvalue weighted by Gasteiger charge is 2.28. The molecule has 0 radical (unpaired) electrons. The van der Waals surface area contributed by atoms with Crippen molar-refractivity contribution in [3.05, 3.63) is 0 Å². The van der Waals surface area contributed by atoms with Crippen molar-refractivity contribution in [1.82, 2.24) is 15.5 Å². The van der Waals surface area contributed by atoms with Gasteiger partial charge in [-0.05, 0) is 25.6 Å². The monoisotopic (exact) mass is 227 g/mol. The first-order chi connectivity index (χ1) is 7.69. The first-order valence-corrected chi connectivity index (χ1v) is 6.39. The van der Waals surface area contributed by atoms with E-state index in [1.165, 1.54) is 0 Å². The average Bonchev–Trinajstić information content (AvgIpc) is 2.70. The van der Waals surface area contributed by atoms with Crippen LogP contribution in [0.2, 0.25) is 0 Å². The summed E-state index contributed by atoms with van der Waals surface area (Å²) in [6, 6.07) is 0. The summed E-state index contributed by atoms with van der Waals surface area (Å²) in [5.41, 5.74) is 0. The van der Waals surface area contributed by atoms with Gasteiger partial charge in [0.25, 0.3) is 0 Å². The van der Waals surface area contributed by atoms with E-state index in [1.807, 2.05) is 0 Å². The first-order valence-electron chi connectivity index (χ1n) is 6.39. The van der Waals surface area contributed by atoms with E-state index in [1.54, 1.807) is 0 Å². The molecule has 0 aliphatic carbocycles. The quantitative estimate of drug-likeness (QED) is 0.686. The largest absolute Gasteiger partial charge is 0.355 e. The summed E-state index contributed by atoms with van der Waals surface area (Å²) in [5.74, 6) is 0.842. The summed E-state index contributed by atoms with van der Waals surface area (Å²) in [6.07, 6.45) is 0. The predicted molar refractivity (Wildman–Crippen MR) is 66.3 cm³/mol. The maximum atomic E-state index is 11.8. The summed E-state index contributed by atoms with van der Waals surface area (Å²) in [6.45, 7) is 12.0. The lowest BCUT2D eigenvalue weighted by atomic mass is 9.97. The normalized spacial score (nSPS) is 25.0. The molecule has 1 saturated heterocycles. The molecule has 16 heavy (non-hydrogen) atoms. The van der Waals surface area contributed by atoms with E-state index in [-0.39, 0.29) is 11.8 Å². The Morgan fingerprint density at radius 1 is 1.38 bits per heavy atom. The second-order valence-corrected chi connectivity index (χ2v) is 4.56. The highest BCUT2D eigenvalue weighted by Crippen LogP contribution is 2.15. The van der Waals surface area contributed by atoms with Gasteiger partial charge in [0.15, 0.2) is 0 Å². The van der Waals surface area contributed by atoms with E-state index >= 15 is 0 Å². The predicted octanol–water partition coefficient (Wildman–Crippen LogP) is 0.300. The molecular weight excluding hydrogens is 202 g/mol. The van der Waals surface area contributed by atoms with Gasteiger partial charge in [0.1, 0.15) is 0 Å². The van der Waals surface area contributed by atoms with Gasteiger partial charge in [-0.1, -0.05) is 20.8 Å². The second kappa shape index (κ2) is 6.86. The lowest BCUT2D eigenvalue weighted by Crippen LogP contribution is -2.39. The van der Waals surface area contributed by atoms with Crippen molar-refractivity contribution in [2.45, 2.75) is 20.8 Å². The Bertz CT molecular complexity index is 216. The van der Waals surface area contributed by atoms with Crippen molar-refractivity contribution in [1.29, 1.82) is 0 Å². The number of amides is 1. The first kappa shape index (κ1) is 13.5. The third-order valence-electron chi connectivity index (χ3n) is 3.48. The van der Waals surface area contributed by atoms with Crippen molar-refractivity contribution in [3.63, 3.8) is 0 Å². The number of likely N-dealkylation sites (N-methyl/N-ethyl adjacent to an activating group) is 1. The number of carbonyl (C=O) groups excluding carboxylic acids is 1. The molecule has 1 fully saturated rings. The summed E-state index contributed by atoms with van der Waals surface area (Å²) in [5, 5.41) is 6.29. The lowest BCUT2D eigenvalue weighted by molar-refractivity contribution is -0.125. The van der Waals surface area contributed by atoms with Crippen LogP contribution in [-0.2, 0) is 4.79 Å². The topological polar surface area (TPSA) is 44.4 Å². The zero-order chi connectivity index (χ0) is 12.0. The van der Waals surface area contributed by atoms with Crippen LogP contribution in [0.1, 0.15) is 20.8 Å². The van der Waals surface area contributed by atoms with Gasteiger partial charge in [0.2, 0.25) is 5.91 Å². The fourth-order valence-electron chi connectivity index (χ4n) is 2.17. The molecule has 1 rings (SSSR count). The van der Waals surface area contributed by atoms with Gasteiger partial charge in [-0.15, -0.1) is 0 Å². The molecule has 4 nitrogen and oxygen atoms in total. The molecular formula is C12H25N3O. The third-order valence-corrected chi connectivity index (χ3v) is 3.48. The highest BCUT2D eigenvalue weighted by molar-refractivity contribution is 5.79. The van der Waals surface area contributed by atoms with Crippen LogP contribution < -0.4 is 10.6 Å². The Kier molecular flexibility index (Phi) is 5.77. The molecule has 1 heterocycles. The zero-order valence-electron chi connectivity index (χ0n) is 10.8. The Hall–Kier alpha value is -0.610. The molecule has 0 spiro atoms. The van der Waals surface area contributed by atoms with E-state index in [9.17, 15) is 4.79 Å². The van der Waals surface area contributed by atoms with Crippen LogP contribution in [-0.4, -0.2) is 50.1 Å². The summed E-state index contributed by atoms with van der Waals surface area (Å²) in [7, 11) is 0. The number of nitrogens with one attached hydrogen (secondary N) is 2. The van der Waals surface area contributed by atoms with Crippen LogP contribution in [0.25, 0.3) is 0 Å². The fourth-order valence-corrected chi connectivity index (χ4v) is 2.17. The van der Waals surface area contributed by atoms with Crippen LogP contribution in [0.5, 0.6) is 0 Å². The van der Waals surface area contributed by atoms with Gasteiger partial charge in [-0.3, -0.25) is 4.79 Å². The molecule has 1 amide bonds. The van der Waals surface area contributed by atoms with Gasteiger partial charge < -0.3 is 15.5 Å². The molecule has 0 unspecified atom stereocenters. The third kappa shape index (κ3) is 3.76. The minimum atomic E-state index is 0.164. The van der Waals surface area contributed by atoms with Crippen molar-refractivity contribution in [2.24, 2.45) is 11.8 Å². The number of hydrogen-bond acceptors (Lipinski definition) is 3. The van der Waals surface area contributed by atoms with Crippen LogP contribution >= 0.6 is 0 Å². The Morgan fingerprint density at radius 2 is 2.06 bits per heavy atom. The molecule has 2 atom stereocenters. The second-order valence-electron chi connectivity index (χ2n) is 4.56. The Labute approximate surface area is 98.8 Å². The maximum Gasteiger partial charge on any atom is 0.224 e. The summed E-state index contributed by atoms with van der Waals surface area (Å²) < 4.78 is 0.